The average Bonchev–Trinajstić information content (AvgIpc) is 1.99. The molecule has 1 rings (SSSR count). The molecule has 0 spiro atoms. The standard InChI is InChI=1S/C6H14N2O/c7-5-3-1-2-4-8-6(5)9/h5-6,8-9H,1-4,7H2/t5-,6?/m0/s1. The van der Waals surface area contributed by atoms with E-state index in [1.165, 1.54) is 0 Å². The summed E-state index contributed by atoms with van der Waals surface area (Å²) in [7, 11) is 0. The first-order valence-corrected chi connectivity index (χ1v) is 3.48. The Hall–Kier alpha value is -0.120. The first kappa shape index (κ1) is 6.99. The fourth-order valence-electron chi connectivity index (χ4n) is 1.06. The van der Waals surface area contributed by atoms with Gasteiger partial charge in [0.05, 0.1) is 0 Å². The number of hydrogen-bond donors (Lipinski definition) is 3. The highest BCUT2D eigenvalue weighted by Gasteiger charge is 2.15. The highest BCUT2D eigenvalue weighted by molar-refractivity contribution is 4.73. The third-order valence-corrected chi connectivity index (χ3v) is 1.72. The molecule has 3 nitrogen and oxygen atoms in total. The quantitative estimate of drug-likeness (QED) is 0.410. The van der Waals surface area contributed by atoms with Gasteiger partial charge < -0.3 is 10.8 Å². The lowest BCUT2D eigenvalue weighted by molar-refractivity contribution is 0.114. The summed E-state index contributed by atoms with van der Waals surface area (Å²) in [5, 5.41) is 12.0. The highest BCUT2D eigenvalue weighted by atomic mass is 16.3. The van der Waals surface area contributed by atoms with E-state index in [1.54, 1.807) is 0 Å². The number of nitrogens with two attached hydrogens (primary N) is 1. The van der Waals surface area contributed by atoms with Crippen LogP contribution in [0.1, 0.15) is 19.3 Å². The smallest absolute Gasteiger partial charge is 0.120 e. The Morgan fingerprint density at radius 3 is 3.00 bits per heavy atom. The summed E-state index contributed by atoms with van der Waals surface area (Å²) in [5.74, 6) is 0. The van der Waals surface area contributed by atoms with Crippen molar-refractivity contribution in [2.45, 2.75) is 31.5 Å². The van der Waals surface area contributed by atoms with Crippen LogP contribution in [0.2, 0.25) is 0 Å². The fraction of sp³-hybridized carbons (Fsp3) is 1.00. The molecule has 1 heterocycles. The van der Waals surface area contributed by atoms with Gasteiger partial charge in [-0.15, -0.1) is 0 Å². The Labute approximate surface area is 55.2 Å². The maximum Gasteiger partial charge on any atom is 0.120 e. The molecule has 1 saturated heterocycles. The van der Waals surface area contributed by atoms with Gasteiger partial charge in [0.1, 0.15) is 6.23 Å². The summed E-state index contributed by atoms with van der Waals surface area (Å²) >= 11 is 0. The zero-order valence-electron chi connectivity index (χ0n) is 5.51. The van der Waals surface area contributed by atoms with E-state index in [-0.39, 0.29) is 6.04 Å². The van der Waals surface area contributed by atoms with Crippen molar-refractivity contribution in [1.29, 1.82) is 0 Å². The molecule has 1 fully saturated rings. The zero-order chi connectivity index (χ0) is 6.69. The topological polar surface area (TPSA) is 58.3 Å². The Kier molecular flexibility index (Phi) is 2.45. The molecule has 0 aromatic heterocycles. The second kappa shape index (κ2) is 3.15. The van der Waals surface area contributed by atoms with Gasteiger partial charge >= 0.3 is 0 Å². The van der Waals surface area contributed by atoms with Gasteiger partial charge in [-0.1, -0.05) is 6.42 Å². The molecule has 0 aromatic carbocycles. The first-order chi connectivity index (χ1) is 4.30. The van der Waals surface area contributed by atoms with Gasteiger partial charge in [0.15, 0.2) is 0 Å². The van der Waals surface area contributed by atoms with Crippen molar-refractivity contribution in [3.63, 3.8) is 0 Å². The van der Waals surface area contributed by atoms with Gasteiger partial charge in [-0.2, -0.15) is 0 Å². The van der Waals surface area contributed by atoms with Crippen LogP contribution in [-0.4, -0.2) is 23.9 Å². The van der Waals surface area contributed by atoms with Crippen molar-refractivity contribution in [3.8, 4) is 0 Å². The van der Waals surface area contributed by atoms with Gasteiger partial charge in [0.2, 0.25) is 0 Å². The van der Waals surface area contributed by atoms with E-state index >= 15 is 0 Å². The first-order valence-electron chi connectivity index (χ1n) is 3.48. The van der Waals surface area contributed by atoms with Crippen LogP contribution in [0.3, 0.4) is 0 Å². The molecule has 0 amide bonds. The zero-order valence-corrected chi connectivity index (χ0v) is 5.51. The van der Waals surface area contributed by atoms with E-state index in [1.807, 2.05) is 0 Å². The number of nitrogens with one attached hydrogen (secondary N) is 1. The maximum atomic E-state index is 9.12. The molecule has 0 aromatic rings. The van der Waals surface area contributed by atoms with E-state index in [2.05, 4.69) is 5.32 Å². The van der Waals surface area contributed by atoms with Crippen LogP contribution in [0.25, 0.3) is 0 Å². The van der Waals surface area contributed by atoms with Crippen molar-refractivity contribution >= 4 is 0 Å². The third-order valence-electron chi connectivity index (χ3n) is 1.72. The Balaban J connectivity index is 2.32. The molecule has 4 N–H and O–H groups in total. The summed E-state index contributed by atoms with van der Waals surface area (Å²) in [6.45, 7) is 0.898. The van der Waals surface area contributed by atoms with E-state index in [0.29, 0.717) is 0 Å². The number of rotatable bonds is 0. The predicted molar refractivity (Wildman–Crippen MR) is 35.8 cm³/mol. The van der Waals surface area contributed by atoms with E-state index in [0.717, 1.165) is 25.8 Å². The van der Waals surface area contributed by atoms with Gasteiger partial charge in [-0.3, -0.25) is 5.32 Å². The largest absolute Gasteiger partial charge is 0.377 e. The summed E-state index contributed by atoms with van der Waals surface area (Å²) in [6, 6.07) is -0.0625. The lowest BCUT2D eigenvalue weighted by atomic mass is 10.1. The van der Waals surface area contributed by atoms with Crippen LogP contribution >= 0.6 is 0 Å². The van der Waals surface area contributed by atoms with Gasteiger partial charge in [-0.05, 0) is 19.4 Å². The maximum absolute atomic E-state index is 9.12. The molecule has 3 heteroatoms. The molecule has 1 unspecified atom stereocenters. The predicted octanol–water partition coefficient (Wildman–Crippen LogP) is -0.594. The molecule has 9 heavy (non-hydrogen) atoms. The fourth-order valence-corrected chi connectivity index (χ4v) is 1.06. The minimum atomic E-state index is -0.479. The molecule has 2 atom stereocenters. The molecule has 1 aliphatic rings. The molecule has 1 aliphatic heterocycles. The summed E-state index contributed by atoms with van der Waals surface area (Å²) in [6.07, 6.45) is 2.72. The van der Waals surface area contributed by atoms with Crippen LogP contribution in [-0.2, 0) is 0 Å². The Morgan fingerprint density at radius 2 is 2.22 bits per heavy atom. The van der Waals surface area contributed by atoms with E-state index in [9.17, 15) is 0 Å². The number of aliphatic hydroxyl groups excluding tert-OH is 1. The average molecular weight is 130 g/mol. The summed E-state index contributed by atoms with van der Waals surface area (Å²) in [4.78, 5) is 0. The van der Waals surface area contributed by atoms with Crippen molar-refractivity contribution in [2.75, 3.05) is 6.54 Å². The number of hydrogen-bond acceptors (Lipinski definition) is 3. The van der Waals surface area contributed by atoms with Crippen molar-refractivity contribution in [2.24, 2.45) is 5.73 Å². The molecule has 0 saturated carbocycles. The minimum Gasteiger partial charge on any atom is -0.377 e. The van der Waals surface area contributed by atoms with Gasteiger partial charge in [0.25, 0.3) is 0 Å². The van der Waals surface area contributed by atoms with Crippen LogP contribution in [0.15, 0.2) is 0 Å². The van der Waals surface area contributed by atoms with E-state index < -0.39 is 6.23 Å². The Bertz CT molecular complexity index is 77.1. The summed E-state index contributed by atoms with van der Waals surface area (Å²) in [5.41, 5.74) is 5.57. The van der Waals surface area contributed by atoms with Gasteiger partial charge in [0, 0.05) is 6.04 Å². The van der Waals surface area contributed by atoms with Crippen LogP contribution in [0.5, 0.6) is 0 Å². The SMILES string of the molecule is N[C@H]1CCCCNC1O. The highest BCUT2D eigenvalue weighted by Crippen LogP contribution is 2.04. The van der Waals surface area contributed by atoms with Crippen molar-refractivity contribution in [1.82, 2.24) is 5.32 Å². The van der Waals surface area contributed by atoms with Crippen LogP contribution in [0.4, 0.5) is 0 Å². The van der Waals surface area contributed by atoms with Crippen LogP contribution < -0.4 is 11.1 Å². The third kappa shape index (κ3) is 1.93. The lowest BCUT2D eigenvalue weighted by Crippen LogP contribution is -2.43. The molecule has 0 bridgehead atoms. The number of aliphatic hydroxyl groups is 1. The van der Waals surface area contributed by atoms with Crippen LogP contribution in [0, 0.1) is 0 Å². The molecular weight excluding hydrogens is 116 g/mol. The lowest BCUT2D eigenvalue weighted by Gasteiger charge is -2.14. The molecular formula is C6H14N2O. The van der Waals surface area contributed by atoms with Crippen molar-refractivity contribution in [3.05, 3.63) is 0 Å². The Morgan fingerprint density at radius 1 is 1.44 bits per heavy atom. The summed E-state index contributed by atoms with van der Waals surface area (Å²) < 4.78 is 0. The molecule has 0 radical (unpaired) electrons. The van der Waals surface area contributed by atoms with Crippen molar-refractivity contribution < 1.29 is 5.11 Å². The van der Waals surface area contributed by atoms with E-state index in [4.69, 9.17) is 10.8 Å². The second-order valence-electron chi connectivity index (χ2n) is 2.56. The minimum absolute atomic E-state index is 0.0625. The second-order valence-corrected chi connectivity index (χ2v) is 2.56. The van der Waals surface area contributed by atoms with Gasteiger partial charge in [-0.25, -0.2) is 0 Å². The molecule has 54 valence electrons. The monoisotopic (exact) mass is 130 g/mol. The normalized spacial score (nSPS) is 38.0. The molecule has 0 aliphatic carbocycles.